The van der Waals surface area contributed by atoms with Crippen LogP contribution in [0.2, 0.25) is 0 Å². The average Bonchev–Trinajstić information content (AvgIpc) is 2.94. The first-order chi connectivity index (χ1) is 10.1. The highest BCUT2D eigenvalue weighted by atomic mass is 32.2. The van der Waals surface area contributed by atoms with E-state index in [1.165, 1.54) is 11.8 Å². The molecule has 110 valence electrons. The minimum Gasteiger partial charge on any atom is -0.431 e. The first-order valence-corrected chi connectivity index (χ1v) is 7.88. The van der Waals surface area contributed by atoms with Gasteiger partial charge >= 0.3 is 0 Å². The summed E-state index contributed by atoms with van der Waals surface area (Å²) in [4.78, 5) is 16.3. The molecule has 2 aromatic rings. The van der Waals surface area contributed by atoms with Crippen LogP contribution in [0.5, 0.6) is 0 Å². The molecule has 1 heterocycles. The number of terminal acetylenes is 1. The minimum atomic E-state index is -0.557. The van der Waals surface area contributed by atoms with Crippen LogP contribution in [-0.2, 0) is 4.79 Å². The number of benzene rings is 1. The van der Waals surface area contributed by atoms with E-state index in [4.69, 9.17) is 10.8 Å². The van der Waals surface area contributed by atoms with Crippen LogP contribution >= 0.6 is 11.8 Å². The molecular weight excluding hydrogens is 284 g/mol. The van der Waals surface area contributed by atoms with E-state index < -0.39 is 5.54 Å². The number of oxazole rings is 1. The fourth-order valence-corrected chi connectivity index (χ4v) is 2.65. The van der Waals surface area contributed by atoms with Gasteiger partial charge in [-0.2, -0.15) is 0 Å². The van der Waals surface area contributed by atoms with Crippen molar-refractivity contribution >= 4 is 28.8 Å². The number of aromatic nitrogens is 1. The first kappa shape index (κ1) is 15.5. The topological polar surface area (TPSA) is 55.1 Å². The van der Waals surface area contributed by atoms with Crippen LogP contribution in [0, 0.1) is 12.3 Å². The molecule has 0 aliphatic carbocycles. The van der Waals surface area contributed by atoms with Crippen LogP contribution in [0.3, 0.4) is 0 Å². The summed E-state index contributed by atoms with van der Waals surface area (Å²) >= 11 is 1.27. The zero-order valence-electron chi connectivity index (χ0n) is 12.2. The van der Waals surface area contributed by atoms with E-state index in [1.54, 1.807) is 0 Å². The minimum absolute atomic E-state index is 0.107. The van der Waals surface area contributed by atoms with E-state index >= 15 is 0 Å². The number of nitrogens with one attached hydrogen (secondary N) is 1. The lowest BCUT2D eigenvalue weighted by Crippen LogP contribution is -2.47. The van der Waals surface area contributed by atoms with Crippen LogP contribution in [0.1, 0.15) is 26.7 Å². The number of rotatable bonds is 6. The predicted octanol–water partition coefficient (Wildman–Crippen LogP) is 3.23. The van der Waals surface area contributed by atoms with Crippen LogP contribution in [0.15, 0.2) is 33.9 Å². The number of carbonyl (C=O) groups is 1. The Morgan fingerprint density at radius 2 is 2.14 bits per heavy atom. The zero-order valence-corrected chi connectivity index (χ0v) is 13.0. The molecule has 0 saturated heterocycles. The Hall–Kier alpha value is -1.93. The van der Waals surface area contributed by atoms with Crippen molar-refractivity contribution in [1.82, 2.24) is 10.3 Å². The third-order valence-corrected chi connectivity index (χ3v) is 4.29. The van der Waals surface area contributed by atoms with Gasteiger partial charge in [0.1, 0.15) is 11.1 Å². The number of carbonyl (C=O) groups excluding carboxylic acids is 1. The van der Waals surface area contributed by atoms with Gasteiger partial charge in [-0.15, -0.1) is 6.42 Å². The molecule has 21 heavy (non-hydrogen) atoms. The Bertz CT molecular complexity index is 635. The first-order valence-electron chi connectivity index (χ1n) is 6.89. The van der Waals surface area contributed by atoms with E-state index in [0.717, 1.165) is 11.1 Å². The maximum absolute atomic E-state index is 12.0. The van der Waals surface area contributed by atoms with Gasteiger partial charge in [0, 0.05) is 0 Å². The van der Waals surface area contributed by atoms with E-state index in [0.29, 0.717) is 18.1 Å². The zero-order chi connectivity index (χ0) is 15.3. The molecule has 0 radical (unpaired) electrons. The number of thioether (sulfide) groups is 1. The van der Waals surface area contributed by atoms with Gasteiger partial charge in [0.15, 0.2) is 5.58 Å². The summed E-state index contributed by atoms with van der Waals surface area (Å²) in [6.07, 6.45) is 6.95. The molecule has 0 aliphatic heterocycles. The molecule has 1 aromatic heterocycles. The Labute approximate surface area is 128 Å². The lowest BCUT2D eigenvalue weighted by atomic mass is 9.94. The number of amides is 1. The molecule has 0 unspecified atom stereocenters. The highest BCUT2D eigenvalue weighted by Gasteiger charge is 2.25. The lowest BCUT2D eigenvalue weighted by molar-refractivity contribution is -0.119. The van der Waals surface area contributed by atoms with Gasteiger partial charge in [-0.05, 0) is 25.0 Å². The maximum Gasteiger partial charge on any atom is 0.257 e. The quantitative estimate of drug-likeness (QED) is 0.657. The van der Waals surface area contributed by atoms with Crippen LogP contribution in [0.4, 0.5) is 0 Å². The van der Waals surface area contributed by atoms with Crippen molar-refractivity contribution in [2.45, 2.75) is 37.5 Å². The van der Waals surface area contributed by atoms with Crippen LogP contribution in [-0.4, -0.2) is 22.2 Å². The molecule has 5 heteroatoms. The van der Waals surface area contributed by atoms with Crippen LogP contribution < -0.4 is 5.32 Å². The lowest BCUT2D eigenvalue weighted by Gasteiger charge is -2.26. The Balaban J connectivity index is 1.96. The molecule has 0 bridgehead atoms. The number of hydrogen-bond acceptors (Lipinski definition) is 4. The third-order valence-electron chi connectivity index (χ3n) is 3.46. The Kier molecular flexibility index (Phi) is 4.92. The van der Waals surface area contributed by atoms with Gasteiger partial charge in [-0.3, -0.25) is 4.79 Å². The Morgan fingerprint density at radius 3 is 2.76 bits per heavy atom. The summed E-state index contributed by atoms with van der Waals surface area (Å²) in [5.74, 6) is 2.81. The second-order valence-electron chi connectivity index (χ2n) is 4.72. The van der Waals surface area contributed by atoms with Crippen molar-refractivity contribution in [2.24, 2.45) is 0 Å². The van der Waals surface area contributed by atoms with Gasteiger partial charge in [-0.25, -0.2) is 4.98 Å². The van der Waals surface area contributed by atoms with Crippen molar-refractivity contribution in [1.29, 1.82) is 0 Å². The fraction of sp³-hybridized carbons (Fsp3) is 0.375. The van der Waals surface area contributed by atoms with Gasteiger partial charge < -0.3 is 9.73 Å². The summed E-state index contributed by atoms with van der Waals surface area (Å²) < 4.78 is 5.56. The van der Waals surface area contributed by atoms with Crippen molar-refractivity contribution in [3.63, 3.8) is 0 Å². The standard InChI is InChI=1S/C16H18N2O2S/c1-4-16(5-2,6-3)18-14(19)11-21-15-17-12-9-7-8-10-13(12)20-15/h1,7-10H,5-6,11H2,2-3H3,(H,18,19). The molecule has 1 amide bonds. The predicted molar refractivity (Wildman–Crippen MR) is 85.0 cm³/mol. The molecule has 0 spiro atoms. The van der Waals surface area contributed by atoms with Crippen molar-refractivity contribution in [2.75, 3.05) is 5.75 Å². The van der Waals surface area contributed by atoms with Gasteiger partial charge in [0.05, 0.1) is 5.75 Å². The van der Waals surface area contributed by atoms with Crippen LogP contribution in [0.25, 0.3) is 11.1 Å². The van der Waals surface area contributed by atoms with E-state index in [1.807, 2.05) is 38.1 Å². The number of para-hydroxylation sites is 2. The van der Waals surface area contributed by atoms with Gasteiger partial charge in [-0.1, -0.05) is 43.7 Å². The van der Waals surface area contributed by atoms with Gasteiger partial charge in [0.2, 0.25) is 5.91 Å². The highest BCUT2D eigenvalue weighted by molar-refractivity contribution is 7.99. The second kappa shape index (κ2) is 6.68. The van der Waals surface area contributed by atoms with Crippen molar-refractivity contribution < 1.29 is 9.21 Å². The summed E-state index contributed by atoms with van der Waals surface area (Å²) in [7, 11) is 0. The second-order valence-corrected chi connectivity index (χ2v) is 5.64. The van der Waals surface area contributed by atoms with Gasteiger partial charge in [0.25, 0.3) is 5.22 Å². The summed E-state index contributed by atoms with van der Waals surface area (Å²) in [5.41, 5.74) is 0.958. The maximum atomic E-state index is 12.0. The Morgan fingerprint density at radius 1 is 1.43 bits per heavy atom. The van der Waals surface area contributed by atoms with Crippen molar-refractivity contribution in [3.05, 3.63) is 24.3 Å². The van der Waals surface area contributed by atoms with Crippen molar-refractivity contribution in [3.8, 4) is 12.3 Å². The molecule has 0 atom stereocenters. The van der Waals surface area contributed by atoms with E-state index in [2.05, 4.69) is 16.2 Å². The monoisotopic (exact) mass is 302 g/mol. The average molecular weight is 302 g/mol. The summed E-state index contributed by atoms with van der Waals surface area (Å²) in [6, 6.07) is 7.51. The normalized spacial score (nSPS) is 11.3. The smallest absolute Gasteiger partial charge is 0.257 e. The summed E-state index contributed by atoms with van der Waals surface area (Å²) in [6.45, 7) is 3.94. The molecule has 0 saturated carbocycles. The van der Waals surface area contributed by atoms with E-state index in [9.17, 15) is 4.79 Å². The molecule has 0 aliphatic rings. The number of fused-ring (bicyclic) bond motifs is 1. The molecule has 1 N–H and O–H groups in total. The molecule has 4 nitrogen and oxygen atoms in total. The summed E-state index contributed by atoms with van der Waals surface area (Å²) in [5, 5.41) is 3.41. The molecule has 0 fully saturated rings. The SMILES string of the molecule is C#CC(CC)(CC)NC(=O)CSc1nc2ccccc2o1. The molecule has 2 rings (SSSR count). The number of nitrogens with zero attached hydrogens (tertiary/aromatic N) is 1. The largest absolute Gasteiger partial charge is 0.431 e. The van der Waals surface area contributed by atoms with E-state index in [-0.39, 0.29) is 11.7 Å². The fourth-order valence-electron chi connectivity index (χ4n) is 2.01. The molecule has 1 aromatic carbocycles. The third kappa shape index (κ3) is 3.59. The molecular formula is C16H18N2O2S. The highest BCUT2D eigenvalue weighted by Crippen LogP contribution is 2.23. The number of hydrogen-bond donors (Lipinski definition) is 1.